The molecule has 1 aromatic rings. The van der Waals surface area contributed by atoms with E-state index in [0.29, 0.717) is 22.8 Å². The van der Waals surface area contributed by atoms with E-state index in [1.54, 1.807) is 0 Å². The Labute approximate surface area is 224 Å². The molecule has 0 aromatic heterocycles. The first-order valence-corrected chi connectivity index (χ1v) is 13.7. The normalized spacial score (nSPS) is 36.9. The lowest BCUT2D eigenvalue weighted by atomic mass is 9.47. The third-order valence-corrected chi connectivity index (χ3v) is 10.1. The summed E-state index contributed by atoms with van der Waals surface area (Å²) in [4.78, 5) is 24.0. The Balaban J connectivity index is 1.55. The first-order chi connectivity index (χ1) is 17.6. The highest BCUT2D eigenvalue weighted by molar-refractivity contribution is 6.30. The Bertz CT molecular complexity index is 1290. The summed E-state index contributed by atoms with van der Waals surface area (Å²) in [7, 11) is 0. The number of carbonyl (C=O) groups excluding carboxylic acids is 2. The van der Waals surface area contributed by atoms with Gasteiger partial charge < -0.3 is 10.5 Å². The van der Waals surface area contributed by atoms with Crippen molar-refractivity contribution in [1.82, 2.24) is 0 Å². The van der Waals surface area contributed by atoms with Gasteiger partial charge in [0.05, 0.1) is 0 Å². The number of nitrogens with zero attached hydrogens (tertiary/aromatic N) is 1. The quantitative estimate of drug-likeness (QED) is 0.213. The number of benzene rings is 1. The number of allylic oxidation sites excluding steroid dienone is 3. The second-order valence-electron chi connectivity index (χ2n) is 11.8. The zero-order valence-corrected chi connectivity index (χ0v) is 22.6. The average molecular weight is 519 g/mol. The van der Waals surface area contributed by atoms with Gasteiger partial charge in [0, 0.05) is 18.4 Å². The van der Waals surface area contributed by atoms with Gasteiger partial charge in [0.25, 0.3) is 5.91 Å². The van der Waals surface area contributed by atoms with Crippen molar-refractivity contribution in [2.24, 2.45) is 34.3 Å². The van der Waals surface area contributed by atoms with Gasteiger partial charge in [0.15, 0.2) is 0 Å². The molecule has 0 saturated heterocycles. The predicted molar refractivity (Wildman–Crippen MR) is 144 cm³/mol. The van der Waals surface area contributed by atoms with Crippen molar-refractivity contribution in [3.63, 3.8) is 0 Å². The predicted octanol–water partition coefficient (Wildman–Crippen LogP) is 6.53. The number of rotatable bonds is 3. The molecule has 37 heavy (non-hydrogen) atoms. The van der Waals surface area contributed by atoms with Crippen molar-refractivity contribution in [1.29, 1.82) is 5.26 Å². The molecule has 3 fully saturated rings. The standard InChI is InChI=1S/C31H35ClN2O3/c1-18(35)37-23-9-11-30(2)21(16-23)7-8-24-26(30)10-12-31(3)27(24)15-20(28(31)25(17-33)29(34)36)13-19-5-4-6-22(32)14-19/h4-7,13-14,23-24,26-27H,8-12,15-16H2,1-3H3,(H2,34,36)/b20-13+,28-25+/t23-,24+,26-,27-,30-,31-/m0/s1. The maximum Gasteiger partial charge on any atom is 0.302 e. The van der Waals surface area contributed by atoms with Gasteiger partial charge in [-0.05, 0) is 96.0 Å². The van der Waals surface area contributed by atoms with Gasteiger partial charge in [-0.1, -0.05) is 55.3 Å². The lowest BCUT2D eigenvalue weighted by molar-refractivity contribution is -0.148. The van der Waals surface area contributed by atoms with Crippen LogP contribution >= 0.6 is 11.6 Å². The van der Waals surface area contributed by atoms with Crippen LogP contribution in [0.1, 0.15) is 71.3 Å². The molecule has 0 radical (unpaired) electrons. The van der Waals surface area contributed by atoms with Crippen LogP contribution in [0.3, 0.4) is 0 Å². The van der Waals surface area contributed by atoms with E-state index in [0.717, 1.165) is 61.7 Å². The molecule has 194 valence electrons. The second kappa shape index (κ2) is 9.48. The van der Waals surface area contributed by atoms with Crippen molar-refractivity contribution in [2.75, 3.05) is 0 Å². The molecule has 3 saturated carbocycles. The molecule has 0 spiro atoms. The zero-order valence-electron chi connectivity index (χ0n) is 21.9. The molecule has 6 atom stereocenters. The van der Waals surface area contributed by atoms with Crippen LogP contribution in [0.4, 0.5) is 0 Å². The number of esters is 1. The van der Waals surface area contributed by atoms with Crippen molar-refractivity contribution in [3.05, 3.63) is 63.2 Å². The number of ether oxygens (including phenoxy) is 1. The molecular weight excluding hydrogens is 484 g/mol. The van der Waals surface area contributed by atoms with Gasteiger partial charge in [0.1, 0.15) is 17.7 Å². The second-order valence-corrected chi connectivity index (χ2v) is 12.3. The first-order valence-electron chi connectivity index (χ1n) is 13.3. The van der Waals surface area contributed by atoms with E-state index >= 15 is 0 Å². The maximum atomic E-state index is 12.5. The minimum atomic E-state index is -0.653. The van der Waals surface area contributed by atoms with Crippen LogP contribution in [-0.4, -0.2) is 18.0 Å². The number of hydrogen-bond donors (Lipinski definition) is 1. The highest BCUT2D eigenvalue weighted by Crippen LogP contribution is 2.67. The van der Waals surface area contributed by atoms with E-state index in [4.69, 9.17) is 22.1 Å². The molecule has 1 aromatic carbocycles. The molecule has 4 aliphatic rings. The van der Waals surface area contributed by atoms with E-state index < -0.39 is 5.91 Å². The van der Waals surface area contributed by atoms with Gasteiger partial charge in [-0.2, -0.15) is 5.26 Å². The van der Waals surface area contributed by atoms with Crippen LogP contribution in [0.25, 0.3) is 6.08 Å². The van der Waals surface area contributed by atoms with Crippen LogP contribution in [0.2, 0.25) is 5.02 Å². The number of carbonyl (C=O) groups is 2. The molecule has 6 heteroatoms. The Morgan fingerprint density at radius 3 is 2.59 bits per heavy atom. The third kappa shape index (κ3) is 4.34. The largest absolute Gasteiger partial charge is 0.462 e. The molecule has 2 N–H and O–H groups in total. The number of hydrogen-bond acceptors (Lipinski definition) is 4. The Kier molecular flexibility index (Phi) is 6.61. The van der Waals surface area contributed by atoms with Crippen LogP contribution < -0.4 is 5.73 Å². The van der Waals surface area contributed by atoms with Crippen molar-refractivity contribution in [2.45, 2.75) is 71.8 Å². The van der Waals surface area contributed by atoms with E-state index in [9.17, 15) is 14.9 Å². The smallest absolute Gasteiger partial charge is 0.302 e. The van der Waals surface area contributed by atoms with Crippen molar-refractivity contribution >= 4 is 29.6 Å². The molecular formula is C31H35ClN2O3. The molecule has 0 unspecified atom stereocenters. The zero-order chi connectivity index (χ0) is 26.5. The summed E-state index contributed by atoms with van der Waals surface area (Å²) in [6.07, 6.45) is 10.9. The lowest BCUT2D eigenvalue weighted by Gasteiger charge is -2.57. The van der Waals surface area contributed by atoms with Crippen LogP contribution in [0, 0.1) is 39.9 Å². The Hall–Kier alpha value is -2.84. The minimum absolute atomic E-state index is 0.0239. The summed E-state index contributed by atoms with van der Waals surface area (Å²) in [5, 5.41) is 10.7. The van der Waals surface area contributed by atoms with Gasteiger partial charge in [-0.25, -0.2) is 0 Å². The summed E-state index contributed by atoms with van der Waals surface area (Å²) in [5.41, 5.74) is 9.92. The Morgan fingerprint density at radius 2 is 1.92 bits per heavy atom. The average Bonchev–Trinajstić information content (AvgIpc) is 3.11. The summed E-state index contributed by atoms with van der Waals surface area (Å²) in [5.74, 6) is 0.430. The molecule has 0 heterocycles. The fourth-order valence-corrected chi connectivity index (χ4v) is 8.48. The number of fused-ring (bicyclic) bond motifs is 5. The van der Waals surface area contributed by atoms with Crippen LogP contribution in [0.5, 0.6) is 0 Å². The molecule has 0 bridgehead atoms. The number of nitriles is 1. The van der Waals surface area contributed by atoms with Crippen LogP contribution in [-0.2, 0) is 14.3 Å². The SMILES string of the molecule is CC(=O)O[C@H]1CC[C@@]2(C)C(=CC[C@@H]3[C@@H]2CC[C@]2(C)C(=C(\C#N)C(N)=O)/C(=C/c4cccc(Cl)c4)C[C@@H]32)C1. The van der Waals surface area contributed by atoms with E-state index in [2.05, 4.69) is 32.1 Å². The summed E-state index contributed by atoms with van der Waals surface area (Å²) >= 11 is 6.26. The summed E-state index contributed by atoms with van der Waals surface area (Å²) in [6.45, 7) is 6.13. The molecule has 0 aliphatic heterocycles. The van der Waals surface area contributed by atoms with E-state index in [1.165, 1.54) is 12.5 Å². The maximum absolute atomic E-state index is 12.5. The molecule has 5 rings (SSSR count). The number of halogens is 1. The highest BCUT2D eigenvalue weighted by atomic mass is 35.5. The topological polar surface area (TPSA) is 93.2 Å². The number of primary amides is 1. The van der Waals surface area contributed by atoms with Crippen molar-refractivity contribution < 1.29 is 14.3 Å². The highest BCUT2D eigenvalue weighted by Gasteiger charge is 2.59. The summed E-state index contributed by atoms with van der Waals surface area (Å²) in [6, 6.07) is 9.82. The molecule has 5 nitrogen and oxygen atoms in total. The van der Waals surface area contributed by atoms with Crippen LogP contribution in [0.15, 0.2) is 52.6 Å². The number of nitrogens with two attached hydrogens (primary N) is 1. The van der Waals surface area contributed by atoms with E-state index in [1.807, 2.05) is 24.3 Å². The molecule has 1 amide bonds. The minimum Gasteiger partial charge on any atom is -0.462 e. The molecule has 4 aliphatic carbocycles. The van der Waals surface area contributed by atoms with E-state index in [-0.39, 0.29) is 28.5 Å². The fourth-order valence-electron chi connectivity index (χ4n) is 8.28. The van der Waals surface area contributed by atoms with Gasteiger partial charge in [-0.3, -0.25) is 9.59 Å². The van der Waals surface area contributed by atoms with Gasteiger partial charge >= 0.3 is 5.97 Å². The fraction of sp³-hybridized carbons (Fsp3) is 0.516. The van der Waals surface area contributed by atoms with Gasteiger partial charge in [-0.15, -0.1) is 0 Å². The lowest BCUT2D eigenvalue weighted by Crippen LogP contribution is -2.50. The summed E-state index contributed by atoms with van der Waals surface area (Å²) < 4.78 is 5.58. The third-order valence-electron chi connectivity index (χ3n) is 9.91. The van der Waals surface area contributed by atoms with Gasteiger partial charge in [0.2, 0.25) is 0 Å². The first kappa shape index (κ1) is 25.8. The van der Waals surface area contributed by atoms with Crippen molar-refractivity contribution in [3.8, 4) is 6.07 Å². The Morgan fingerprint density at radius 1 is 1.16 bits per heavy atom. The monoisotopic (exact) mass is 518 g/mol. The number of amides is 1.